The summed E-state index contributed by atoms with van der Waals surface area (Å²) in [5.41, 5.74) is 9.46. The molecule has 0 aliphatic heterocycles. The maximum atomic E-state index is 9.97. The van der Waals surface area contributed by atoms with Gasteiger partial charge in [0, 0.05) is 27.1 Å². The maximum Gasteiger partial charge on any atom is 0.108 e. The van der Waals surface area contributed by atoms with Crippen molar-refractivity contribution in [3.63, 3.8) is 0 Å². The van der Waals surface area contributed by atoms with Crippen LogP contribution >= 0.6 is 15.9 Å². The Hall–Kier alpha value is -2.90. The second-order valence-electron chi connectivity index (χ2n) is 7.57. The van der Waals surface area contributed by atoms with E-state index in [-0.39, 0.29) is 0 Å². The molecule has 0 radical (unpaired) electrons. The predicted octanol–water partition coefficient (Wildman–Crippen LogP) is 6.51. The molecule has 0 atom stereocenters. The summed E-state index contributed by atoms with van der Waals surface area (Å²) in [6, 6.07) is 21.2. The molecule has 2 aromatic carbocycles. The second kappa shape index (κ2) is 7.17. The summed E-state index contributed by atoms with van der Waals surface area (Å²) in [7, 11) is 0. The van der Waals surface area contributed by atoms with Crippen LogP contribution in [0.3, 0.4) is 0 Å². The molecule has 1 aliphatic carbocycles. The summed E-state index contributed by atoms with van der Waals surface area (Å²) in [4.78, 5) is 5.04. The molecule has 0 N–H and O–H groups in total. The first-order valence-corrected chi connectivity index (χ1v) is 10.8. The molecule has 4 heteroatoms. The minimum Gasteiger partial charge on any atom is -0.310 e. The Morgan fingerprint density at radius 3 is 2.45 bits per heavy atom. The first-order chi connectivity index (χ1) is 14.2. The summed E-state index contributed by atoms with van der Waals surface area (Å²) in [5, 5.41) is 9.97. The zero-order chi connectivity index (χ0) is 20.0. The van der Waals surface area contributed by atoms with Gasteiger partial charge in [-0.05, 0) is 68.0 Å². The van der Waals surface area contributed by atoms with Gasteiger partial charge in [0.15, 0.2) is 0 Å². The number of rotatable bonds is 2. The number of nitrogens with zero attached hydrogens (tertiary/aromatic N) is 3. The van der Waals surface area contributed by atoms with Gasteiger partial charge in [-0.15, -0.1) is 0 Å². The number of hydrogen-bond acceptors (Lipinski definition) is 2. The number of nitriles is 1. The van der Waals surface area contributed by atoms with Gasteiger partial charge in [-0.3, -0.25) is 0 Å². The quantitative estimate of drug-likeness (QED) is 0.355. The monoisotopic (exact) mass is 441 g/mol. The van der Waals surface area contributed by atoms with Crippen LogP contribution < -0.4 is 0 Å². The van der Waals surface area contributed by atoms with Gasteiger partial charge in [-0.25, -0.2) is 4.98 Å². The Morgan fingerprint density at radius 1 is 1.00 bits per heavy atom. The standard InChI is InChI=1S/C25H20BrN3/c1-16-21(15-27)24-25(29(16)19-7-3-2-4-8-19)23(17-11-13-18(26)14-12-17)20-9-5-6-10-22(20)28-24/h2-4,7-8,11-14H,5-6,9-10H2,1H3. The largest absolute Gasteiger partial charge is 0.310 e. The molecule has 4 aromatic rings. The molecular formula is C25H20BrN3. The average molecular weight is 442 g/mol. The van der Waals surface area contributed by atoms with Gasteiger partial charge >= 0.3 is 0 Å². The fraction of sp³-hybridized carbons (Fsp3) is 0.200. The van der Waals surface area contributed by atoms with E-state index in [0.717, 1.165) is 51.8 Å². The first-order valence-electron chi connectivity index (χ1n) is 9.97. The minimum absolute atomic E-state index is 0.676. The summed E-state index contributed by atoms with van der Waals surface area (Å²) in [5.74, 6) is 0. The van der Waals surface area contributed by atoms with E-state index in [0.29, 0.717) is 5.56 Å². The minimum atomic E-state index is 0.676. The molecule has 0 unspecified atom stereocenters. The molecule has 0 saturated heterocycles. The molecule has 0 bridgehead atoms. The van der Waals surface area contributed by atoms with E-state index in [4.69, 9.17) is 4.98 Å². The lowest BCUT2D eigenvalue weighted by atomic mass is 9.88. The molecule has 2 aromatic heterocycles. The lowest BCUT2D eigenvalue weighted by Gasteiger charge is -2.21. The predicted molar refractivity (Wildman–Crippen MR) is 120 cm³/mol. The van der Waals surface area contributed by atoms with E-state index >= 15 is 0 Å². The van der Waals surface area contributed by atoms with E-state index in [9.17, 15) is 5.26 Å². The summed E-state index contributed by atoms with van der Waals surface area (Å²) < 4.78 is 3.28. The summed E-state index contributed by atoms with van der Waals surface area (Å²) in [6.07, 6.45) is 4.35. The summed E-state index contributed by atoms with van der Waals surface area (Å²) >= 11 is 3.56. The molecule has 2 heterocycles. The van der Waals surface area contributed by atoms with Crippen LogP contribution in [-0.2, 0) is 12.8 Å². The van der Waals surface area contributed by atoms with Crippen molar-refractivity contribution in [2.24, 2.45) is 0 Å². The number of halogens is 1. The van der Waals surface area contributed by atoms with Crippen LogP contribution in [0.4, 0.5) is 0 Å². The lowest BCUT2D eigenvalue weighted by Crippen LogP contribution is -2.09. The second-order valence-corrected chi connectivity index (χ2v) is 8.48. The lowest BCUT2D eigenvalue weighted by molar-refractivity contribution is 0.672. The smallest absolute Gasteiger partial charge is 0.108 e. The van der Waals surface area contributed by atoms with E-state index in [1.807, 2.05) is 25.1 Å². The molecular weight excluding hydrogens is 422 g/mol. The van der Waals surface area contributed by atoms with Crippen LogP contribution in [0.5, 0.6) is 0 Å². The number of para-hydroxylation sites is 1. The molecule has 1 aliphatic rings. The zero-order valence-corrected chi connectivity index (χ0v) is 17.8. The topological polar surface area (TPSA) is 41.6 Å². The van der Waals surface area contributed by atoms with Gasteiger partial charge in [0.2, 0.25) is 0 Å². The van der Waals surface area contributed by atoms with Crippen LogP contribution in [0.2, 0.25) is 0 Å². The van der Waals surface area contributed by atoms with Gasteiger partial charge in [0.05, 0.1) is 11.1 Å². The number of fused-ring (bicyclic) bond motifs is 2. The fourth-order valence-electron chi connectivity index (χ4n) is 4.54. The van der Waals surface area contributed by atoms with Crippen LogP contribution in [0.1, 0.15) is 35.4 Å². The molecule has 142 valence electrons. The van der Waals surface area contributed by atoms with Gasteiger partial charge in [0.25, 0.3) is 0 Å². The van der Waals surface area contributed by atoms with Crippen molar-refractivity contribution in [3.8, 4) is 22.9 Å². The van der Waals surface area contributed by atoms with Crippen molar-refractivity contribution in [3.05, 3.63) is 81.6 Å². The Kier molecular flexibility index (Phi) is 4.49. The van der Waals surface area contributed by atoms with Gasteiger partial charge in [-0.2, -0.15) is 5.26 Å². The van der Waals surface area contributed by atoms with E-state index in [1.54, 1.807) is 0 Å². The third-order valence-electron chi connectivity index (χ3n) is 5.87. The van der Waals surface area contributed by atoms with Crippen molar-refractivity contribution in [2.75, 3.05) is 0 Å². The van der Waals surface area contributed by atoms with E-state index in [2.05, 4.69) is 63.0 Å². The Labute approximate surface area is 178 Å². The van der Waals surface area contributed by atoms with Crippen LogP contribution in [0.15, 0.2) is 59.1 Å². The SMILES string of the molecule is Cc1c(C#N)c2nc3c(c(-c4ccc(Br)cc4)c2n1-c1ccccc1)CCCC3. The molecule has 0 saturated carbocycles. The molecule has 0 fully saturated rings. The van der Waals surface area contributed by atoms with Crippen molar-refractivity contribution in [2.45, 2.75) is 32.6 Å². The number of aromatic nitrogens is 2. The number of aryl methyl sites for hydroxylation is 1. The number of hydrogen-bond donors (Lipinski definition) is 0. The highest BCUT2D eigenvalue weighted by atomic mass is 79.9. The van der Waals surface area contributed by atoms with Crippen LogP contribution in [0, 0.1) is 18.3 Å². The normalized spacial score (nSPS) is 13.3. The summed E-state index contributed by atoms with van der Waals surface area (Å²) in [6.45, 7) is 2.03. The van der Waals surface area contributed by atoms with Crippen molar-refractivity contribution in [1.29, 1.82) is 5.26 Å². The van der Waals surface area contributed by atoms with Crippen LogP contribution in [0.25, 0.3) is 27.8 Å². The molecule has 0 spiro atoms. The molecule has 29 heavy (non-hydrogen) atoms. The highest BCUT2D eigenvalue weighted by Crippen LogP contribution is 2.41. The average Bonchev–Trinajstić information content (AvgIpc) is 3.04. The van der Waals surface area contributed by atoms with Gasteiger partial charge in [-0.1, -0.05) is 46.3 Å². The van der Waals surface area contributed by atoms with Crippen LogP contribution in [-0.4, -0.2) is 9.55 Å². The molecule has 5 rings (SSSR count). The highest BCUT2D eigenvalue weighted by molar-refractivity contribution is 9.10. The fourth-order valence-corrected chi connectivity index (χ4v) is 4.80. The Bertz CT molecular complexity index is 1260. The van der Waals surface area contributed by atoms with Crippen molar-refractivity contribution in [1.82, 2.24) is 9.55 Å². The highest BCUT2D eigenvalue weighted by Gasteiger charge is 2.26. The third-order valence-corrected chi connectivity index (χ3v) is 6.39. The molecule has 3 nitrogen and oxygen atoms in total. The Balaban J connectivity index is 1.97. The third kappa shape index (κ3) is 2.89. The molecule has 0 amide bonds. The first kappa shape index (κ1) is 18.1. The zero-order valence-electron chi connectivity index (χ0n) is 16.2. The number of pyridine rings is 1. The van der Waals surface area contributed by atoms with Crippen molar-refractivity contribution < 1.29 is 0 Å². The van der Waals surface area contributed by atoms with E-state index < -0.39 is 0 Å². The van der Waals surface area contributed by atoms with Gasteiger partial charge < -0.3 is 4.57 Å². The van der Waals surface area contributed by atoms with Gasteiger partial charge in [0.1, 0.15) is 11.6 Å². The van der Waals surface area contributed by atoms with Crippen molar-refractivity contribution >= 4 is 27.0 Å². The maximum absolute atomic E-state index is 9.97. The number of benzene rings is 2. The Morgan fingerprint density at radius 2 is 1.72 bits per heavy atom. The van der Waals surface area contributed by atoms with E-state index in [1.165, 1.54) is 23.1 Å².